The Morgan fingerprint density at radius 1 is 1.19 bits per heavy atom. The van der Waals surface area contributed by atoms with E-state index in [2.05, 4.69) is 6.92 Å². The highest BCUT2D eigenvalue weighted by Gasteiger charge is 2.10. The predicted molar refractivity (Wildman–Crippen MR) is 81.8 cm³/mol. The van der Waals surface area contributed by atoms with Crippen LogP contribution in [0.1, 0.15) is 38.2 Å². The number of hydrogen-bond acceptors (Lipinski definition) is 4. The number of nitrogens with zero attached hydrogens (tertiary/aromatic N) is 2. The summed E-state index contributed by atoms with van der Waals surface area (Å²) in [6.45, 7) is 2.75. The van der Waals surface area contributed by atoms with E-state index in [1.165, 1.54) is 18.9 Å². The van der Waals surface area contributed by atoms with Crippen LogP contribution in [-0.2, 0) is 0 Å². The highest BCUT2D eigenvalue weighted by atomic mass is 16.5. The van der Waals surface area contributed by atoms with Crippen molar-refractivity contribution in [2.24, 2.45) is 0 Å². The van der Waals surface area contributed by atoms with Gasteiger partial charge in [-0.15, -0.1) is 0 Å². The first-order chi connectivity index (χ1) is 10.3. The number of unbranched alkanes of at least 4 members (excludes halogenated alkanes) is 3. The molecule has 4 heteroatoms. The van der Waals surface area contributed by atoms with Gasteiger partial charge in [0.15, 0.2) is 11.5 Å². The van der Waals surface area contributed by atoms with Gasteiger partial charge >= 0.3 is 0 Å². The lowest BCUT2D eigenvalue weighted by Crippen LogP contribution is -2.01. The second-order valence-electron chi connectivity index (χ2n) is 4.57. The molecule has 21 heavy (non-hydrogen) atoms. The van der Waals surface area contributed by atoms with Gasteiger partial charge in [0.25, 0.3) is 0 Å². The van der Waals surface area contributed by atoms with E-state index >= 15 is 0 Å². The Bertz CT molecular complexity index is 549. The molecule has 1 aromatic carbocycles. The Morgan fingerprint density at radius 2 is 1.95 bits per heavy atom. The lowest BCUT2D eigenvalue weighted by Gasteiger charge is -2.13. The van der Waals surface area contributed by atoms with E-state index in [-0.39, 0.29) is 5.57 Å². The van der Waals surface area contributed by atoms with Gasteiger partial charge in [0.2, 0.25) is 0 Å². The van der Waals surface area contributed by atoms with Crippen LogP contribution in [0.25, 0.3) is 6.08 Å². The Labute approximate surface area is 126 Å². The highest BCUT2D eigenvalue weighted by molar-refractivity contribution is 5.68. The van der Waals surface area contributed by atoms with Gasteiger partial charge in [-0.05, 0) is 18.6 Å². The van der Waals surface area contributed by atoms with Gasteiger partial charge in [0.05, 0.1) is 13.7 Å². The number of benzene rings is 1. The molecule has 0 saturated carbocycles. The van der Waals surface area contributed by atoms with E-state index in [1.54, 1.807) is 25.3 Å². The van der Waals surface area contributed by atoms with Crippen molar-refractivity contribution in [1.29, 1.82) is 10.5 Å². The van der Waals surface area contributed by atoms with Gasteiger partial charge in [0, 0.05) is 5.56 Å². The van der Waals surface area contributed by atoms with Crippen molar-refractivity contribution in [3.05, 3.63) is 29.3 Å². The van der Waals surface area contributed by atoms with Crippen LogP contribution in [0.4, 0.5) is 0 Å². The van der Waals surface area contributed by atoms with Crippen molar-refractivity contribution in [3.63, 3.8) is 0 Å². The van der Waals surface area contributed by atoms with Crippen molar-refractivity contribution >= 4 is 6.08 Å². The minimum Gasteiger partial charge on any atom is -0.493 e. The summed E-state index contributed by atoms with van der Waals surface area (Å²) in [5.74, 6) is 1.19. The molecule has 0 spiro atoms. The normalized spacial score (nSPS) is 9.33. The van der Waals surface area contributed by atoms with Crippen molar-refractivity contribution < 1.29 is 9.47 Å². The molecule has 0 bridgehead atoms. The SMILES string of the molecule is CCCCCCOc1c(C=C(C#N)C#N)cccc1OC. The van der Waals surface area contributed by atoms with E-state index in [9.17, 15) is 0 Å². The largest absolute Gasteiger partial charge is 0.493 e. The van der Waals surface area contributed by atoms with Crippen molar-refractivity contribution in [1.82, 2.24) is 0 Å². The average molecular weight is 284 g/mol. The van der Waals surface area contributed by atoms with Gasteiger partial charge in [-0.3, -0.25) is 0 Å². The molecule has 0 atom stereocenters. The van der Waals surface area contributed by atoms with Gasteiger partial charge in [-0.1, -0.05) is 38.3 Å². The molecule has 0 N–H and O–H groups in total. The topological polar surface area (TPSA) is 66.0 Å². The van der Waals surface area contributed by atoms with Crippen molar-refractivity contribution in [2.75, 3.05) is 13.7 Å². The Morgan fingerprint density at radius 3 is 2.57 bits per heavy atom. The predicted octanol–water partition coefficient (Wildman–Crippen LogP) is 4.08. The minimum absolute atomic E-state index is 0.0408. The number of rotatable bonds is 8. The van der Waals surface area contributed by atoms with Crippen molar-refractivity contribution in [2.45, 2.75) is 32.6 Å². The summed E-state index contributed by atoms with van der Waals surface area (Å²) in [6, 6.07) is 9.12. The van der Waals surface area contributed by atoms with Gasteiger partial charge in [-0.25, -0.2) is 0 Å². The molecule has 0 aliphatic rings. The quantitative estimate of drug-likeness (QED) is 0.533. The summed E-state index contributed by atoms with van der Waals surface area (Å²) >= 11 is 0. The van der Waals surface area contributed by atoms with Gasteiger partial charge in [0.1, 0.15) is 17.7 Å². The Balaban J connectivity index is 2.91. The molecule has 0 fully saturated rings. The molecule has 4 nitrogen and oxygen atoms in total. The third kappa shape index (κ3) is 5.20. The minimum atomic E-state index is 0.0408. The Hall–Kier alpha value is -2.46. The summed E-state index contributed by atoms with van der Waals surface area (Å²) in [5, 5.41) is 17.7. The molecule has 0 unspecified atom stereocenters. The van der Waals surface area contributed by atoms with Crippen LogP contribution in [-0.4, -0.2) is 13.7 Å². The van der Waals surface area contributed by atoms with E-state index in [0.717, 1.165) is 12.8 Å². The molecular formula is C17H20N2O2. The van der Waals surface area contributed by atoms with E-state index in [4.69, 9.17) is 20.0 Å². The fourth-order valence-electron chi connectivity index (χ4n) is 1.91. The molecule has 0 radical (unpaired) electrons. The van der Waals surface area contributed by atoms with E-state index in [1.807, 2.05) is 12.1 Å². The molecule has 1 aromatic rings. The van der Waals surface area contributed by atoms with Crippen LogP contribution in [0, 0.1) is 22.7 Å². The molecule has 0 saturated heterocycles. The van der Waals surface area contributed by atoms with Gasteiger partial charge < -0.3 is 9.47 Å². The third-order valence-corrected chi connectivity index (χ3v) is 3.01. The van der Waals surface area contributed by atoms with Crippen LogP contribution in [0.3, 0.4) is 0 Å². The third-order valence-electron chi connectivity index (χ3n) is 3.01. The first-order valence-electron chi connectivity index (χ1n) is 7.08. The molecular weight excluding hydrogens is 264 g/mol. The second kappa shape index (κ2) is 9.44. The average Bonchev–Trinajstić information content (AvgIpc) is 2.53. The van der Waals surface area contributed by atoms with Crippen LogP contribution in [0.2, 0.25) is 0 Å². The zero-order valence-electron chi connectivity index (χ0n) is 12.6. The maximum absolute atomic E-state index is 8.87. The number of allylic oxidation sites excluding steroid dienone is 1. The van der Waals surface area contributed by atoms with Crippen molar-refractivity contribution in [3.8, 4) is 23.6 Å². The van der Waals surface area contributed by atoms with Crippen LogP contribution >= 0.6 is 0 Å². The maximum atomic E-state index is 8.87. The molecule has 0 aliphatic heterocycles. The number of methoxy groups -OCH3 is 1. The smallest absolute Gasteiger partial charge is 0.168 e. The van der Waals surface area contributed by atoms with Crippen LogP contribution < -0.4 is 9.47 Å². The highest BCUT2D eigenvalue weighted by Crippen LogP contribution is 2.32. The summed E-state index contributed by atoms with van der Waals surface area (Å²) < 4.78 is 11.1. The zero-order chi connectivity index (χ0) is 15.5. The maximum Gasteiger partial charge on any atom is 0.168 e. The lowest BCUT2D eigenvalue weighted by molar-refractivity contribution is 0.284. The van der Waals surface area contributed by atoms with Crippen LogP contribution in [0.15, 0.2) is 23.8 Å². The number of hydrogen-bond donors (Lipinski definition) is 0. The van der Waals surface area contributed by atoms with E-state index < -0.39 is 0 Å². The second-order valence-corrected chi connectivity index (χ2v) is 4.57. The lowest BCUT2D eigenvalue weighted by atomic mass is 10.1. The molecule has 1 rings (SSSR count). The van der Waals surface area contributed by atoms with E-state index in [0.29, 0.717) is 23.7 Å². The standard InChI is InChI=1S/C17H20N2O2/c1-3-4-5-6-10-21-17-15(11-14(12-18)13-19)8-7-9-16(17)20-2/h7-9,11H,3-6,10H2,1-2H3. The number of nitriles is 2. The van der Waals surface area contributed by atoms with Gasteiger partial charge in [-0.2, -0.15) is 10.5 Å². The molecule has 110 valence electrons. The zero-order valence-corrected chi connectivity index (χ0v) is 12.6. The molecule has 0 aliphatic carbocycles. The number of para-hydroxylation sites is 1. The Kier molecular flexibility index (Phi) is 7.46. The summed E-state index contributed by atoms with van der Waals surface area (Å²) in [5.41, 5.74) is 0.724. The first kappa shape index (κ1) is 16.6. The summed E-state index contributed by atoms with van der Waals surface area (Å²) in [4.78, 5) is 0. The summed E-state index contributed by atoms with van der Waals surface area (Å²) in [6.07, 6.45) is 5.98. The number of ether oxygens (including phenoxy) is 2. The monoisotopic (exact) mass is 284 g/mol. The molecule has 0 heterocycles. The fraction of sp³-hybridized carbons (Fsp3) is 0.412. The summed E-state index contributed by atoms with van der Waals surface area (Å²) in [7, 11) is 1.57. The van der Waals surface area contributed by atoms with Crippen LogP contribution in [0.5, 0.6) is 11.5 Å². The molecule has 0 aromatic heterocycles. The molecule has 0 amide bonds. The first-order valence-corrected chi connectivity index (χ1v) is 7.08. The fourth-order valence-corrected chi connectivity index (χ4v) is 1.91.